The number of rotatable bonds is 2. The van der Waals surface area contributed by atoms with Gasteiger partial charge in [0.15, 0.2) is 0 Å². The first-order valence-corrected chi connectivity index (χ1v) is 5.78. The summed E-state index contributed by atoms with van der Waals surface area (Å²) in [6, 6.07) is 12.9. The van der Waals surface area contributed by atoms with Crippen molar-refractivity contribution < 1.29 is 0 Å². The summed E-state index contributed by atoms with van der Waals surface area (Å²) < 4.78 is 2.03. The predicted molar refractivity (Wildman–Crippen MR) is 63.5 cm³/mol. The van der Waals surface area contributed by atoms with Gasteiger partial charge in [-0.15, -0.1) is 0 Å². The zero-order chi connectivity index (χ0) is 10.8. The van der Waals surface area contributed by atoms with Crippen LogP contribution in [0, 0.1) is 0 Å². The van der Waals surface area contributed by atoms with Crippen LogP contribution in [0.3, 0.4) is 0 Å². The van der Waals surface area contributed by atoms with Gasteiger partial charge in [0.2, 0.25) is 0 Å². The molecule has 0 bridgehead atoms. The predicted octanol–water partition coefficient (Wildman–Crippen LogP) is 2.30. The van der Waals surface area contributed by atoms with Crippen molar-refractivity contribution in [3.8, 4) is 5.69 Å². The van der Waals surface area contributed by atoms with Crippen molar-refractivity contribution >= 4 is 0 Å². The first kappa shape index (κ1) is 9.60. The molecule has 1 aliphatic heterocycles. The van der Waals surface area contributed by atoms with Gasteiger partial charge in [-0.25, -0.2) is 4.68 Å². The van der Waals surface area contributed by atoms with Crippen molar-refractivity contribution in [2.75, 3.05) is 6.54 Å². The number of aromatic nitrogens is 2. The Bertz CT molecular complexity index is 455. The van der Waals surface area contributed by atoms with Gasteiger partial charge in [0, 0.05) is 12.2 Å². The van der Waals surface area contributed by atoms with Crippen molar-refractivity contribution in [2.45, 2.75) is 18.9 Å². The Kier molecular flexibility index (Phi) is 2.46. The molecule has 1 atom stereocenters. The highest BCUT2D eigenvalue weighted by Crippen LogP contribution is 2.24. The Balaban J connectivity index is 1.99. The quantitative estimate of drug-likeness (QED) is 0.829. The Labute approximate surface area is 95.1 Å². The van der Waals surface area contributed by atoms with Crippen LogP contribution in [0.1, 0.15) is 24.6 Å². The van der Waals surface area contributed by atoms with Crippen molar-refractivity contribution in [1.82, 2.24) is 15.1 Å². The first-order chi connectivity index (χ1) is 7.95. The lowest BCUT2D eigenvalue weighted by Crippen LogP contribution is -2.16. The number of nitrogens with one attached hydrogen (secondary N) is 1. The molecule has 0 aliphatic carbocycles. The summed E-state index contributed by atoms with van der Waals surface area (Å²) in [5.41, 5.74) is 2.40. The molecular weight excluding hydrogens is 198 g/mol. The fraction of sp³-hybridized carbons (Fsp3) is 0.308. The lowest BCUT2D eigenvalue weighted by Gasteiger charge is -2.13. The third-order valence-electron chi connectivity index (χ3n) is 3.09. The Morgan fingerprint density at radius 1 is 1.19 bits per heavy atom. The molecule has 2 heterocycles. The normalized spacial score (nSPS) is 20.1. The maximum absolute atomic E-state index is 4.41. The molecule has 3 nitrogen and oxygen atoms in total. The zero-order valence-corrected chi connectivity index (χ0v) is 9.13. The van der Waals surface area contributed by atoms with Crippen LogP contribution in [0.4, 0.5) is 0 Å². The van der Waals surface area contributed by atoms with E-state index in [2.05, 4.69) is 28.6 Å². The Morgan fingerprint density at radius 3 is 2.81 bits per heavy atom. The number of benzene rings is 1. The number of hydrogen-bond acceptors (Lipinski definition) is 2. The van der Waals surface area contributed by atoms with Crippen molar-refractivity contribution in [1.29, 1.82) is 0 Å². The Morgan fingerprint density at radius 2 is 2.06 bits per heavy atom. The van der Waals surface area contributed by atoms with Gasteiger partial charge in [-0.1, -0.05) is 18.2 Å². The molecule has 0 spiro atoms. The SMILES string of the molecule is c1ccc(-n2nccc2[C@@H]2CCCN2)cc1. The molecule has 3 heteroatoms. The largest absolute Gasteiger partial charge is 0.309 e. The highest BCUT2D eigenvalue weighted by atomic mass is 15.3. The standard InChI is InChI=1S/C13H15N3/c1-2-5-11(6-3-1)16-13(8-10-15-16)12-7-4-9-14-12/h1-3,5-6,8,10,12,14H,4,7,9H2/t12-/m0/s1. The molecule has 16 heavy (non-hydrogen) atoms. The first-order valence-electron chi connectivity index (χ1n) is 5.78. The van der Waals surface area contributed by atoms with Gasteiger partial charge in [0.1, 0.15) is 0 Å². The average Bonchev–Trinajstić information content (AvgIpc) is 3.01. The number of nitrogens with zero attached hydrogens (tertiary/aromatic N) is 2. The summed E-state index contributed by atoms with van der Waals surface area (Å²) >= 11 is 0. The summed E-state index contributed by atoms with van der Waals surface area (Å²) in [5, 5.41) is 7.92. The third-order valence-corrected chi connectivity index (χ3v) is 3.09. The van der Waals surface area contributed by atoms with Crippen molar-refractivity contribution in [2.24, 2.45) is 0 Å². The lowest BCUT2D eigenvalue weighted by molar-refractivity contribution is 0.600. The zero-order valence-electron chi connectivity index (χ0n) is 9.13. The molecule has 0 amide bonds. The summed E-state index contributed by atoms with van der Waals surface area (Å²) in [6.45, 7) is 1.12. The van der Waals surface area contributed by atoms with Gasteiger partial charge in [-0.2, -0.15) is 5.10 Å². The van der Waals surface area contributed by atoms with Crippen LogP contribution in [0.15, 0.2) is 42.6 Å². The topological polar surface area (TPSA) is 29.9 Å². The fourth-order valence-corrected chi connectivity index (χ4v) is 2.30. The van der Waals surface area contributed by atoms with Gasteiger partial charge in [0.05, 0.1) is 11.4 Å². The van der Waals surface area contributed by atoms with Crippen LogP contribution >= 0.6 is 0 Å². The second-order valence-electron chi connectivity index (χ2n) is 4.15. The minimum Gasteiger partial charge on any atom is -0.309 e. The van der Waals surface area contributed by atoms with Crippen LogP contribution in [-0.4, -0.2) is 16.3 Å². The Hall–Kier alpha value is -1.61. The molecule has 1 aliphatic rings. The lowest BCUT2D eigenvalue weighted by atomic mass is 10.1. The van der Waals surface area contributed by atoms with E-state index < -0.39 is 0 Å². The van der Waals surface area contributed by atoms with Crippen LogP contribution in [0.5, 0.6) is 0 Å². The highest BCUT2D eigenvalue weighted by molar-refractivity contribution is 5.33. The minimum absolute atomic E-state index is 0.461. The van der Waals surface area contributed by atoms with Gasteiger partial charge in [-0.3, -0.25) is 0 Å². The molecule has 1 N–H and O–H groups in total. The van der Waals surface area contributed by atoms with E-state index in [4.69, 9.17) is 0 Å². The third kappa shape index (κ3) is 1.63. The van der Waals surface area contributed by atoms with Crippen LogP contribution in [-0.2, 0) is 0 Å². The number of para-hydroxylation sites is 1. The minimum atomic E-state index is 0.461. The van der Waals surface area contributed by atoms with Crippen LogP contribution in [0.2, 0.25) is 0 Å². The average molecular weight is 213 g/mol. The molecule has 0 unspecified atom stereocenters. The highest BCUT2D eigenvalue weighted by Gasteiger charge is 2.20. The second-order valence-corrected chi connectivity index (χ2v) is 4.15. The van der Waals surface area contributed by atoms with Gasteiger partial charge in [0.25, 0.3) is 0 Å². The van der Waals surface area contributed by atoms with E-state index in [1.807, 2.05) is 29.1 Å². The summed E-state index contributed by atoms with van der Waals surface area (Å²) in [4.78, 5) is 0. The van der Waals surface area contributed by atoms with E-state index in [0.717, 1.165) is 12.2 Å². The maximum atomic E-state index is 4.41. The van der Waals surface area contributed by atoms with Gasteiger partial charge < -0.3 is 5.32 Å². The molecule has 2 aromatic rings. The van der Waals surface area contributed by atoms with E-state index in [0.29, 0.717) is 6.04 Å². The monoisotopic (exact) mass is 213 g/mol. The van der Waals surface area contributed by atoms with Crippen molar-refractivity contribution in [3.63, 3.8) is 0 Å². The summed E-state index contributed by atoms with van der Waals surface area (Å²) in [7, 11) is 0. The van der Waals surface area contributed by atoms with E-state index in [-0.39, 0.29) is 0 Å². The van der Waals surface area contributed by atoms with Gasteiger partial charge in [-0.05, 0) is 37.6 Å². The molecular formula is C13H15N3. The smallest absolute Gasteiger partial charge is 0.0649 e. The summed E-state index contributed by atoms with van der Waals surface area (Å²) in [6.07, 6.45) is 4.34. The van der Waals surface area contributed by atoms with Crippen molar-refractivity contribution in [3.05, 3.63) is 48.3 Å². The van der Waals surface area contributed by atoms with E-state index in [1.165, 1.54) is 18.5 Å². The molecule has 3 rings (SSSR count). The second kappa shape index (κ2) is 4.10. The van der Waals surface area contributed by atoms with Gasteiger partial charge >= 0.3 is 0 Å². The molecule has 0 saturated carbocycles. The number of hydrogen-bond donors (Lipinski definition) is 1. The molecule has 1 fully saturated rings. The molecule has 1 saturated heterocycles. The van der Waals surface area contributed by atoms with E-state index in [1.54, 1.807) is 0 Å². The maximum Gasteiger partial charge on any atom is 0.0649 e. The van der Waals surface area contributed by atoms with Crippen LogP contribution < -0.4 is 5.32 Å². The molecule has 82 valence electrons. The molecule has 1 aromatic carbocycles. The van der Waals surface area contributed by atoms with E-state index >= 15 is 0 Å². The molecule has 1 aromatic heterocycles. The molecule has 0 radical (unpaired) electrons. The van der Waals surface area contributed by atoms with Crippen LogP contribution in [0.25, 0.3) is 5.69 Å². The summed E-state index contributed by atoms with van der Waals surface area (Å²) in [5.74, 6) is 0. The van der Waals surface area contributed by atoms with E-state index in [9.17, 15) is 0 Å². The fourth-order valence-electron chi connectivity index (χ4n) is 2.30.